The molecule has 47 heavy (non-hydrogen) atoms. The Morgan fingerprint density at radius 1 is 0.617 bits per heavy atom. The Balaban J connectivity index is 0.000000257. The summed E-state index contributed by atoms with van der Waals surface area (Å²) in [6.07, 6.45) is 2.02. The van der Waals surface area contributed by atoms with Gasteiger partial charge in [-0.3, -0.25) is 4.79 Å². The molecule has 0 aliphatic carbocycles. The zero-order chi connectivity index (χ0) is 33.9. The molecule has 5 nitrogen and oxygen atoms in total. The lowest BCUT2D eigenvalue weighted by Gasteiger charge is -2.12. The zero-order valence-corrected chi connectivity index (χ0v) is 28.4. The van der Waals surface area contributed by atoms with Crippen molar-refractivity contribution in [2.24, 2.45) is 5.73 Å². The Hall–Kier alpha value is -4.97. The van der Waals surface area contributed by atoms with E-state index in [2.05, 4.69) is 81.0 Å². The van der Waals surface area contributed by atoms with E-state index in [1.54, 1.807) is 0 Å². The van der Waals surface area contributed by atoms with E-state index in [0.29, 0.717) is 19.0 Å². The average molecular weight is 629 g/mol. The predicted molar refractivity (Wildman–Crippen MR) is 194 cm³/mol. The first-order chi connectivity index (χ1) is 22.8. The third-order valence-corrected chi connectivity index (χ3v) is 7.33. The maximum absolute atomic E-state index is 11.0. The lowest BCUT2D eigenvalue weighted by molar-refractivity contribution is -0.119. The highest BCUT2D eigenvalue weighted by molar-refractivity contribution is 5.72. The molecular weight excluding hydrogens is 580 g/mol. The van der Waals surface area contributed by atoms with Crippen molar-refractivity contribution in [1.82, 2.24) is 5.32 Å². The summed E-state index contributed by atoms with van der Waals surface area (Å²) in [5, 5.41) is 2.85. The number of benzene rings is 4. The van der Waals surface area contributed by atoms with E-state index in [4.69, 9.17) is 15.2 Å². The highest BCUT2D eigenvalue weighted by Gasteiger charge is 2.06. The first-order valence-electron chi connectivity index (χ1n) is 16.4. The Bertz CT molecular complexity index is 1620. The van der Waals surface area contributed by atoms with Gasteiger partial charge in [-0.25, -0.2) is 0 Å². The van der Waals surface area contributed by atoms with Gasteiger partial charge in [-0.15, -0.1) is 0 Å². The second kappa shape index (κ2) is 20.2. The van der Waals surface area contributed by atoms with Gasteiger partial charge in [0, 0.05) is 35.7 Å². The lowest BCUT2D eigenvalue weighted by atomic mass is 10.00. The molecule has 2 atom stereocenters. The van der Waals surface area contributed by atoms with Crippen LogP contribution in [0.4, 0.5) is 0 Å². The number of carbonyl (C=O) groups excluding carboxylic acids is 1. The molecule has 4 rings (SSSR count). The van der Waals surface area contributed by atoms with Crippen molar-refractivity contribution in [3.05, 3.63) is 130 Å². The number of carbonyl (C=O) groups is 1. The highest BCUT2D eigenvalue weighted by Crippen LogP contribution is 2.17. The number of hydrogen-bond donors (Lipinski definition) is 2. The van der Waals surface area contributed by atoms with Crippen molar-refractivity contribution in [2.75, 3.05) is 26.3 Å². The minimum atomic E-state index is 0.000416. The van der Waals surface area contributed by atoms with E-state index in [0.717, 1.165) is 59.8 Å². The van der Waals surface area contributed by atoms with Crippen LogP contribution in [0.25, 0.3) is 0 Å². The summed E-state index contributed by atoms with van der Waals surface area (Å²) < 4.78 is 11.1. The minimum absolute atomic E-state index is 0.000416. The van der Waals surface area contributed by atoms with Gasteiger partial charge in [-0.2, -0.15) is 0 Å². The highest BCUT2D eigenvalue weighted by atomic mass is 16.5. The molecule has 244 valence electrons. The first-order valence-corrected chi connectivity index (χ1v) is 16.4. The van der Waals surface area contributed by atoms with Gasteiger partial charge in [0.05, 0.1) is 13.2 Å². The van der Waals surface area contributed by atoms with Crippen molar-refractivity contribution in [1.29, 1.82) is 0 Å². The van der Waals surface area contributed by atoms with E-state index < -0.39 is 0 Å². The number of nitrogens with one attached hydrogen (secondary N) is 1. The fraction of sp³-hybridized carbons (Fsp3) is 0.310. The van der Waals surface area contributed by atoms with Gasteiger partial charge >= 0.3 is 0 Å². The lowest BCUT2D eigenvalue weighted by Crippen LogP contribution is -2.24. The summed E-state index contributed by atoms with van der Waals surface area (Å²) in [6, 6.07) is 32.2. The van der Waals surface area contributed by atoms with Crippen LogP contribution in [-0.4, -0.2) is 32.2 Å². The molecule has 4 aromatic carbocycles. The number of rotatable bonds is 11. The molecule has 0 aliphatic heterocycles. The number of hydrogen-bond acceptors (Lipinski definition) is 4. The molecule has 0 radical (unpaired) electrons. The normalized spacial score (nSPS) is 11.3. The van der Waals surface area contributed by atoms with Crippen molar-refractivity contribution in [2.45, 2.75) is 59.3 Å². The van der Waals surface area contributed by atoms with E-state index in [9.17, 15) is 4.79 Å². The van der Waals surface area contributed by atoms with E-state index in [1.165, 1.54) is 18.1 Å². The number of amides is 1. The fourth-order valence-corrected chi connectivity index (χ4v) is 4.34. The average Bonchev–Trinajstić information content (AvgIpc) is 3.11. The molecule has 0 aromatic heterocycles. The van der Waals surface area contributed by atoms with Crippen molar-refractivity contribution >= 4 is 5.91 Å². The Morgan fingerprint density at radius 2 is 0.957 bits per heavy atom. The minimum Gasteiger partial charge on any atom is -0.494 e. The van der Waals surface area contributed by atoms with E-state index in [1.807, 2.05) is 72.8 Å². The summed E-state index contributed by atoms with van der Waals surface area (Å²) in [5.41, 5.74) is 12.1. The monoisotopic (exact) mass is 628 g/mol. The maximum atomic E-state index is 11.0. The van der Waals surface area contributed by atoms with Crippen LogP contribution in [-0.2, 0) is 4.79 Å². The molecular formula is C42H48N2O3. The summed E-state index contributed by atoms with van der Waals surface area (Å²) in [6.45, 7) is 12.7. The van der Waals surface area contributed by atoms with Crippen LogP contribution in [0.2, 0.25) is 0 Å². The SMILES string of the molecule is CCCOc1ccc(C#Cc2ccc(C(C)CN)cc2)cc1.CCCOc1ccc(C#Cc2ccc(C(C)CNC(C)=O)cc2)cc1. The van der Waals surface area contributed by atoms with Gasteiger partial charge in [0.1, 0.15) is 11.5 Å². The van der Waals surface area contributed by atoms with Crippen molar-refractivity contribution < 1.29 is 14.3 Å². The van der Waals surface area contributed by atoms with E-state index >= 15 is 0 Å². The van der Waals surface area contributed by atoms with Gasteiger partial charge < -0.3 is 20.5 Å². The number of ether oxygens (including phenoxy) is 2. The largest absolute Gasteiger partial charge is 0.494 e. The Morgan fingerprint density at radius 3 is 1.28 bits per heavy atom. The van der Waals surface area contributed by atoms with Gasteiger partial charge in [0.2, 0.25) is 5.91 Å². The van der Waals surface area contributed by atoms with Crippen LogP contribution in [0.15, 0.2) is 97.1 Å². The molecule has 5 heteroatoms. The molecule has 0 saturated heterocycles. The molecule has 1 amide bonds. The molecule has 0 fully saturated rings. The van der Waals surface area contributed by atoms with Gasteiger partial charge in [-0.05, 0) is 115 Å². The molecule has 0 saturated carbocycles. The molecule has 0 heterocycles. The van der Waals surface area contributed by atoms with Crippen LogP contribution in [0, 0.1) is 23.7 Å². The van der Waals surface area contributed by atoms with Crippen LogP contribution >= 0.6 is 0 Å². The van der Waals surface area contributed by atoms with Crippen molar-refractivity contribution in [3.8, 4) is 35.2 Å². The molecule has 0 bridgehead atoms. The second-order valence-electron chi connectivity index (χ2n) is 11.5. The van der Waals surface area contributed by atoms with Crippen LogP contribution < -0.4 is 20.5 Å². The first kappa shape index (κ1) is 36.5. The smallest absolute Gasteiger partial charge is 0.216 e. The maximum Gasteiger partial charge on any atom is 0.216 e. The third kappa shape index (κ3) is 13.5. The van der Waals surface area contributed by atoms with Gasteiger partial charge in [0.15, 0.2) is 0 Å². The van der Waals surface area contributed by atoms with Crippen molar-refractivity contribution in [3.63, 3.8) is 0 Å². The summed E-state index contributed by atoms with van der Waals surface area (Å²) in [4.78, 5) is 11.0. The quantitative estimate of drug-likeness (QED) is 0.165. The molecule has 4 aromatic rings. The molecule has 2 unspecified atom stereocenters. The van der Waals surface area contributed by atoms with E-state index in [-0.39, 0.29) is 11.8 Å². The standard InChI is InChI=1S/C22H25NO2.C20H23NO/c1-4-15-25-22-13-9-20(10-14-22)6-5-19-7-11-21(12-8-19)17(2)16-23-18(3)24;1-3-14-22-20-12-8-18(9-13-20)5-4-17-6-10-19(11-7-17)16(2)15-21/h7-14,17H,4,15-16H2,1-3H3,(H,23,24);6-13,16H,3,14-15,21H2,1-2H3. The van der Waals surface area contributed by atoms with Gasteiger partial charge in [0.25, 0.3) is 0 Å². The molecule has 3 N–H and O–H groups in total. The van der Waals surface area contributed by atoms with Crippen LogP contribution in [0.1, 0.15) is 92.7 Å². The Kier molecular flexibility index (Phi) is 15.7. The summed E-state index contributed by atoms with van der Waals surface area (Å²) in [5.74, 6) is 15.2. The van der Waals surface area contributed by atoms with Crippen LogP contribution in [0.5, 0.6) is 11.5 Å². The third-order valence-electron chi connectivity index (χ3n) is 7.33. The van der Waals surface area contributed by atoms with Gasteiger partial charge in [-0.1, -0.05) is 75.6 Å². The predicted octanol–water partition coefficient (Wildman–Crippen LogP) is 8.05. The fourth-order valence-electron chi connectivity index (χ4n) is 4.34. The summed E-state index contributed by atoms with van der Waals surface area (Å²) >= 11 is 0. The van der Waals surface area contributed by atoms with Crippen LogP contribution in [0.3, 0.4) is 0 Å². The molecule has 0 spiro atoms. The molecule has 0 aliphatic rings. The zero-order valence-electron chi connectivity index (χ0n) is 28.4. The summed E-state index contributed by atoms with van der Waals surface area (Å²) in [7, 11) is 0. The second-order valence-corrected chi connectivity index (χ2v) is 11.5. The number of nitrogens with two attached hydrogens (primary N) is 1. The topological polar surface area (TPSA) is 73.6 Å². The Labute approximate surface area is 281 Å².